The maximum Gasteiger partial charge on any atom is 0.336 e. The van der Waals surface area contributed by atoms with Gasteiger partial charge in [-0.1, -0.05) is 18.6 Å². The highest BCUT2D eigenvalue weighted by molar-refractivity contribution is 5.89. The van der Waals surface area contributed by atoms with Gasteiger partial charge in [0.05, 0.1) is 12.2 Å². The highest BCUT2D eigenvalue weighted by Crippen LogP contribution is 2.20. The molecule has 0 bridgehead atoms. The average molecular weight is 259 g/mol. The third kappa shape index (κ3) is 3.87. The Morgan fingerprint density at radius 2 is 2.26 bits per heavy atom. The molecule has 1 aliphatic heterocycles. The minimum absolute atomic E-state index is 0.278. The van der Waals surface area contributed by atoms with E-state index in [2.05, 4.69) is 18.4 Å². The Hall–Kier alpha value is -2.25. The summed E-state index contributed by atoms with van der Waals surface area (Å²) in [6.07, 6.45) is 7.22. The number of hydrogen-bond acceptors (Lipinski definition) is 4. The van der Waals surface area contributed by atoms with Gasteiger partial charge in [0.2, 0.25) is 0 Å². The highest BCUT2D eigenvalue weighted by atomic mass is 16.5. The standard InChI is InChI=1S/C15H17NO3/c1-4-19-15(18)13(3)14(9-7-11-17)16-10-6-5-8-12(16)2/h5-6,8,10,17H,2,4,11H2,1,3H3/b14-13+. The molecule has 0 spiro atoms. The summed E-state index contributed by atoms with van der Waals surface area (Å²) in [6, 6.07) is 0. The quantitative estimate of drug-likeness (QED) is 0.476. The van der Waals surface area contributed by atoms with Crippen LogP contribution < -0.4 is 0 Å². The van der Waals surface area contributed by atoms with E-state index >= 15 is 0 Å². The van der Waals surface area contributed by atoms with Crippen molar-refractivity contribution in [3.63, 3.8) is 0 Å². The molecule has 0 amide bonds. The van der Waals surface area contributed by atoms with Crippen LogP contribution in [0.3, 0.4) is 0 Å². The molecule has 0 unspecified atom stereocenters. The molecule has 1 heterocycles. The summed E-state index contributed by atoms with van der Waals surface area (Å²) in [5, 5.41) is 8.82. The number of esters is 1. The van der Waals surface area contributed by atoms with Gasteiger partial charge in [-0.2, -0.15) is 0 Å². The lowest BCUT2D eigenvalue weighted by Gasteiger charge is -2.23. The number of hydrogen-bond donors (Lipinski definition) is 1. The second-order valence-electron chi connectivity index (χ2n) is 3.72. The Morgan fingerprint density at radius 1 is 1.53 bits per heavy atom. The molecule has 19 heavy (non-hydrogen) atoms. The van der Waals surface area contributed by atoms with E-state index in [0.29, 0.717) is 23.6 Å². The summed E-state index contributed by atoms with van der Waals surface area (Å²) in [5.41, 5.74) is 1.52. The molecule has 0 aromatic rings. The van der Waals surface area contributed by atoms with Crippen molar-refractivity contribution in [1.29, 1.82) is 0 Å². The van der Waals surface area contributed by atoms with Gasteiger partial charge in [-0.15, -0.1) is 0 Å². The molecule has 0 aliphatic carbocycles. The van der Waals surface area contributed by atoms with Crippen LogP contribution in [0.2, 0.25) is 0 Å². The lowest BCUT2D eigenvalue weighted by molar-refractivity contribution is -0.138. The van der Waals surface area contributed by atoms with E-state index in [1.165, 1.54) is 0 Å². The molecule has 100 valence electrons. The third-order valence-electron chi connectivity index (χ3n) is 2.41. The molecule has 1 N–H and O–H groups in total. The van der Waals surface area contributed by atoms with E-state index < -0.39 is 5.97 Å². The highest BCUT2D eigenvalue weighted by Gasteiger charge is 2.17. The average Bonchev–Trinajstić information content (AvgIpc) is 2.41. The summed E-state index contributed by atoms with van der Waals surface area (Å²) < 4.78 is 4.97. The second kappa shape index (κ2) is 7.24. The van der Waals surface area contributed by atoms with Crippen molar-refractivity contribution in [2.75, 3.05) is 13.2 Å². The summed E-state index contributed by atoms with van der Waals surface area (Å²) in [4.78, 5) is 13.5. The van der Waals surface area contributed by atoms with E-state index in [4.69, 9.17) is 9.84 Å². The largest absolute Gasteiger partial charge is 0.463 e. The Labute approximate surface area is 113 Å². The smallest absolute Gasteiger partial charge is 0.336 e. The first-order chi connectivity index (χ1) is 9.11. The topological polar surface area (TPSA) is 49.8 Å². The molecule has 0 aromatic carbocycles. The lowest BCUT2D eigenvalue weighted by Crippen LogP contribution is -2.20. The zero-order valence-corrected chi connectivity index (χ0v) is 11.1. The van der Waals surface area contributed by atoms with Crippen molar-refractivity contribution >= 4 is 5.97 Å². The molecular weight excluding hydrogens is 242 g/mol. The van der Waals surface area contributed by atoms with Gasteiger partial charge in [0.15, 0.2) is 0 Å². The van der Waals surface area contributed by atoms with Crippen LogP contribution in [0.5, 0.6) is 0 Å². The van der Waals surface area contributed by atoms with Gasteiger partial charge in [0.1, 0.15) is 12.3 Å². The van der Waals surface area contributed by atoms with Gasteiger partial charge in [-0.3, -0.25) is 0 Å². The normalized spacial score (nSPS) is 14.7. The predicted molar refractivity (Wildman–Crippen MR) is 73.5 cm³/mol. The Bertz CT molecular complexity index is 515. The lowest BCUT2D eigenvalue weighted by atomic mass is 10.1. The van der Waals surface area contributed by atoms with Crippen LogP contribution in [0, 0.1) is 11.8 Å². The molecule has 0 saturated carbocycles. The van der Waals surface area contributed by atoms with Gasteiger partial charge in [-0.25, -0.2) is 4.79 Å². The fourth-order valence-electron chi connectivity index (χ4n) is 1.49. The fraction of sp³-hybridized carbons (Fsp3) is 0.267. The predicted octanol–water partition coefficient (Wildman–Crippen LogP) is 1.72. The van der Waals surface area contributed by atoms with E-state index in [1.807, 2.05) is 12.2 Å². The van der Waals surface area contributed by atoms with Crippen LogP contribution in [0.4, 0.5) is 0 Å². The van der Waals surface area contributed by atoms with Crippen LogP contribution in [0.15, 0.2) is 48.0 Å². The van der Waals surface area contributed by atoms with E-state index in [0.717, 1.165) is 0 Å². The minimum Gasteiger partial charge on any atom is -0.463 e. The maximum absolute atomic E-state index is 11.8. The molecule has 0 atom stereocenters. The van der Waals surface area contributed by atoms with Crippen LogP contribution in [-0.2, 0) is 9.53 Å². The van der Waals surface area contributed by atoms with Gasteiger partial charge < -0.3 is 14.7 Å². The molecular formula is C15H17NO3. The molecule has 0 saturated heterocycles. The van der Waals surface area contributed by atoms with Crippen LogP contribution >= 0.6 is 0 Å². The SMILES string of the molecule is C=C1C=CC=CN1/C(C#CCO)=C(\C)C(=O)OCC. The molecule has 0 aromatic heterocycles. The summed E-state index contributed by atoms with van der Waals surface area (Å²) in [7, 11) is 0. The number of allylic oxidation sites excluding steroid dienone is 4. The van der Waals surface area contributed by atoms with Gasteiger partial charge in [0.25, 0.3) is 0 Å². The molecule has 1 rings (SSSR count). The van der Waals surface area contributed by atoms with E-state index in [-0.39, 0.29) is 6.61 Å². The minimum atomic E-state index is -0.430. The summed E-state index contributed by atoms with van der Waals surface area (Å²) in [6.45, 7) is 7.28. The van der Waals surface area contributed by atoms with Crippen molar-refractivity contribution in [3.8, 4) is 11.8 Å². The second-order valence-corrected chi connectivity index (χ2v) is 3.72. The molecule has 4 heteroatoms. The number of ether oxygens (including phenoxy) is 1. The van der Waals surface area contributed by atoms with Crippen molar-refractivity contribution in [2.24, 2.45) is 0 Å². The zero-order valence-electron chi connectivity index (χ0n) is 11.1. The first-order valence-corrected chi connectivity index (χ1v) is 5.92. The van der Waals surface area contributed by atoms with Crippen molar-refractivity contribution in [2.45, 2.75) is 13.8 Å². The Kier molecular flexibility index (Phi) is 5.65. The van der Waals surface area contributed by atoms with Gasteiger partial charge >= 0.3 is 5.97 Å². The molecule has 0 fully saturated rings. The van der Waals surface area contributed by atoms with E-state index in [9.17, 15) is 4.79 Å². The van der Waals surface area contributed by atoms with Crippen molar-refractivity contribution in [3.05, 3.63) is 48.0 Å². The van der Waals surface area contributed by atoms with Crippen LogP contribution in [0.1, 0.15) is 13.8 Å². The van der Waals surface area contributed by atoms with Crippen LogP contribution in [0.25, 0.3) is 0 Å². The van der Waals surface area contributed by atoms with Crippen LogP contribution in [-0.4, -0.2) is 29.2 Å². The maximum atomic E-state index is 11.8. The number of aliphatic hydroxyl groups is 1. The first kappa shape index (κ1) is 14.8. The molecule has 4 nitrogen and oxygen atoms in total. The number of rotatable bonds is 3. The monoisotopic (exact) mass is 259 g/mol. The number of carbonyl (C=O) groups excluding carboxylic acids is 1. The molecule has 1 aliphatic rings. The Morgan fingerprint density at radius 3 is 2.84 bits per heavy atom. The first-order valence-electron chi connectivity index (χ1n) is 5.92. The Balaban J connectivity index is 3.17. The number of nitrogens with zero attached hydrogens (tertiary/aromatic N) is 1. The number of carbonyl (C=O) groups is 1. The van der Waals surface area contributed by atoms with Gasteiger partial charge in [0, 0.05) is 11.9 Å². The van der Waals surface area contributed by atoms with Crippen molar-refractivity contribution < 1.29 is 14.6 Å². The number of aliphatic hydroxyl groups excluding tert-OH is 1. The summed E-state index contributed by atoms with van der Waals surface area (Å²) >= 11 is 0. The summed E-state index contributed by atoms with van der Waals surface area (Å²) in [5.74, 6) is 4.88. The van der Waals surface area contributed by atoms with Crippen molar-refractivity contribution in [1.82, 2.24) is 4.90 Å². The zero-order chi connectivity index (χ0) is 14.3. The fourth-order valence-corrected chi connectivity index (χ4v) is 1.49. The third-order valence-corrected chi connectivity index (χ3v) is 2.41. The van der Waals surface area contributed by atoms with E-state index in [1.54, 1.807) is 31.0 Å². The molecule has 0 radical (unpaired) electrons. The van der Waals surface area contributed by atoms with Gasteiger partial charge in [-0.05, 0) is 31.9 Å².